The Morgan fingerprint density at radius 2 is 2.08 bits per heavy atom. The fourth-order valence-corrected chi connectivity index (χ4v) is 3.63. The van der Waals surface area contributed by atoms with Gasteiger partial charge in [-0.1, -0.05) is 18.0 Å². The van der Waals surface area contributed by atoms with Crippen molar-refractivity contribution in [2.75, 3.05) is 6.54 Å². The standard InChI is InChI=1S/C16H20N4O4S/c21-12(17-8-7-14-18-11(9-25-14)16(22)23)5-6-13-19-15(20-24-13)10-3-1-2-4-10/h9-10H,1-8H2,(H,17,21)(H,22,23). The summed E-state index contributed by atoms with van der Waals surface area (Å²) in [5.41, 5.74) is 0.0424. The van der Waals surface area contributed by atoms with E-state index >= 15 is 0 Å². The topological polar surface area (TPSA) is 118 Å². The van der Waals surface area contributed by atoms with Crippen molar-refractivity contribution in [1.29, 1.82) is 0 Å². The van der Waals surface area contributed by atoms with E-state index in [9.17, 15) is 9.59 Å². The smallest absolute Gasteiger partial charge is 0.355 e. The van der Waals surface area contributed by atoms with Gasteiger partial charge in [0.15, 0.2) is 11.5 Å². The van der Waals surface area contributed by atoms with Crippen molar-refractivity contribution < 1.29 is 19.2 Å². The molecule has 0 atom stereocenters. The maximum Gasteiger partial charge on any atom is 0.355 e. The van der Waals surface area contributed by atoms with Gasteiger partial charge >= 0.3 is 5.97 Å². The van der Waals surface area contributed by atoms with E-state index in [0.717, 1.165) is 18.7 Å². The third-order valence-corrected chi connectivity index (χ3v) is 5.11. The minimum absolute atomic E-state index is 0.0424. The first-order valence-corrected chi connectivity index (χ1v) is 9.26. The van der Waals surface area contributed by atoms with Gasteiger partial charge in [0, 0.05) is 37.1 Å². The van der Waals surface area contributed by atoms with Gasteiger partial charge in [0.25, 0.3) is 0 Å². The van der Waals surface area contributed by atoms with Crippen LogP contribution in [0.25, 0.3) is 0 Å². The first-order valence-electron chi connectivity index (χ1n) is 8.38. The van der Waals surface area contributed by atoms with E-state index in [1.807, 2.05) is 0 Å². The highest BCUT2D eigenvalue weighted by Gasteiger charge is 2.22. The zero-order chi connectivity index (χ0) is 17.6. The summed E-state index contributed by atoms with van der Waals surface area (Å²) in [5.74, 6) is 0.535. The number of rotatable bonds is 8. The molecule has 0 aliphatic heterocycles. The second kappa shape index (κ2) is 8.19. The van der Waals surface area contributed by atoms with Crippen molar-refractivity contribution in [3.8, 4) is 0 Å². The monoisotopic (exact) mass is 364 g/mol. The number of carbonyl (C=O) groups is 2. The number of hydrogen-bond acceptors (Lipinski definition) is 7. The third-order valence-electron chi connectivity index (χ3n) is 4.20. The van der Waals surface area contributed by atoms with E-state index in [0.29, 0.717) is 36.2 Å². The van der Waals surface area contributed by atoms with Crippen LogP contribution in [0.15, 0.2) is 9.90 Å². The number of aryl methyl sites for hydroxylation is 1. The molecule has 1 amide bonds. The molecule has 1 fully saturated rings. The molecule has 2 N–H and O–H groups in total. The summed E-state index contributed by atoms with van der Waals surface area (Å²) in [7, 11) is 0. The molecule has 134 valence electrons. The average Bonchev–Trinajstić information content (AvgIpc) is 3.33. The number of thiazole rings is 1. The van der Waals surface area contributed by atoms with E-state index in [2.05, 4.69) is 20.4 Å². The minimum Gasteiger partial charge on any atom is -0.476 e. The summed E-state index contributed by atoms with van der Waals surface area (Å²) in [6.45, 7) is 0.419. The fraction of sp³-hybridized carbons (Fsp3) is 0.562. The van der Waals surface area contributed by atoms with Gasteiger partial charge in [-0.25, -0.2) is 9.78 Å². The zero-order valence-electron chi connectivity index (χ0n) is 13.7. The van der Waals surface area contributed by atoms with Gasteiger partial charge in [0.2, 0.25) is 11.8 Å². The minimum atomic E-state index is -1.04. The second-order valence-electron chi connectivity index (χ2n) is 6.06. The Kier molecular flexibility index (Phi) is 5.75. The van der Waals surface area contributed by atoms with Crippen LogP contribution in [0, 0.1) is 0 Å². The van der Waals surface area contributed by atoms with Crippen LogP contribution in [-0.4, -0.2) is 38.7 Å². The Labute approximate surface area is 148 Å². The Bertz CT molecular complexity index is 736. The molecule has 0 radical (unpaired) electrons. The zero-order valence-corrected chi connectivity index (χ0v) is 14.5. The number of nitrogens with zero attached hydrogens (tertiary/aromatic N) is 3. The highest BCUT2D eigenvalue weighted by Crippen LogP contribution is 2.32. The molecule has 1 saturated carbocycles. The predicted molar refractivity (Wildman–Crippen MR) is 89.6 cm³/mol. The Morgan fingerprint density at radius 1 is 1.28 bits per heavy atom. The molecule has 2 aromatic rings. The number of carboxylic acid groups (broad SMARTS) is 1. The number of aromatic carboxylic acids is 1. The molecule has 0 unspecified atom stereocenters. The lowest BCUT2D eigenvalue weighted by molar-refractivity contribution is -0.121. The number of carboxylic acids is 1. The van der Waals surface area contributed by atoms with Gasteiger partial charge in [-0.3, -0.25) is 4.79 Å². The van der Waals surface area contributed by atoms with Crippen LogP contribution in [0.2, 0.25) is 0 Å². The van der Waals surface area contributed by atoms with Crippen LogP contribution in [0.5, 0.6) is 0 Å². The number of nitrogens with one attached hydrogen (secondary N) is 1. The molecular weight excluding hydrogens is 344 g/mol. The van der Waals surface area contributed by atoms with Crippen molar-refractivity contribution in [1.82, 2.24) is 20.4 Å². The second-order valence-corrected chi connectivity index (χ2v) is 7.00. The van der Waals surface area contributed by atoms with Crippen molar-refractivity contribution in [2.45, 2.75) is 50.9 Å². The van der Waals surface area contributed by atoms with E-state index in [1.165, 1.54) is 29.6 Å². The lowest BCUT2D eigenvalue weighted by Gasteiger charge is -2.02. The SMILES string of the molecule is O=C(CCc1nc(C2CCCC2)no1)NCCc1nc(C(=O)O)cs1. The highest BCUT2D eigenvalue weighted by molar-refractivity contribution is 7.09. The summed E-state index contributed by atoms with van der Waals surface area (Å²) in [5, 5.41) is 17.8. The molecule has 2 aromatic heterocycles. The molecule has 9 heteroatoms. The van der Waals surface area contributed by atoms with Gasteiger partial charge in [-0.2, -0.15) is 4.98 Å². The molecule has 3 rings (SSSR count). The first kappa shape index (κ1) is 17.5. The number of carbonyl (C=O) groups excluding carboxylic acids is 1. The quantitative estimate of drug-likeness (QED) is 0.737. The van der Waals surface area contributed by atoms with Crippen molar-refractivity contribution in [3.63, 3.8) is 0 Å². The van der Waals surface area contributed by atoms with E-state index in [-0.39, 0.29) is 18.0 Å². The van der Waals surface area contributed by atoms with Crippen LogP contribution in [-0.2, 0) is 17.6 Å². The Balaban J connectivity index is 1.37. The maximum absolute atomic E-state index is 11.9. The van der Waals surface area contributed by atoms with Crippen LogP contribution in [0.4, 0.5) is 0 Å². The molecule has 0 aromatic carbocycles. The lowest BCUT2D eigenvalue weighted by atomic mass is 10.1. The Morgan fingerprint density at radius 3 is 2.80 bits per heavy atom. The predicted octanol–water partition coefficient (Wildman–Crippen LogP) is 2.17. The van der Waals surface area contributed by atoms with Crippen LogP contribution in [0.1, 0.15) is 65.2 Å². The van der Waals surface area contributed by atoms with Crippen LogP contribution >= 0.6 is 11.3 Å². The average molecular weight is 364 g/mol. The van der Waals surface area contributed by atoms with Gasteiger partial charge in [-0.05, 0) is 12.8 Å². The summed E-state index contributed by atoms with van der Waals surface area (Å²) in [6.07, 6.45) is 5.86. The molecule has 1 aliphatic rings. The number of aromatic nitrogens is 3. The van der Waals surface area contributed by atoms with Crippen molar-refractivity contribution in [2.24, 2.45) is 0 Å². The summed E-state index contributed by atoms with van der Waals surface area (Å²) < 4.78 is 5.22. The lowest BCUT2D eigenvalue weighted by Crippen LogP contribution is -2.25. The first-order chi connectivity index (χ1) is 12.1. The van der Waals surface area contributed by atoms with Crippen molar-refractivity contribution >= 4 is 23.2 Å². The summed E-state index contributed by atoms with van der Waals surface area (Å²) >= 11 is 1.28. The summed E-state index contributed by atoms with van der Waals surface area (Å²) in [4.78, 5) is 31.0. The van der Waals surface area contributed by atoms with Crippen LogP contribution in [0.3, 0.4) is 0 Å². The molecule has 0 bridgehead atoms. The number of amides is 1. The van der Waals surface area contributed by atoms with E-state index in [1.54, 1.807) is 0 Å². The van der Waals surface area contributed by atoms with E-state index < -0.39 is 5.97 Å². The van der Waals surface area contributed by atoms with Gasteiger partial charge in [-0.15, -0.1) is 11.3 Å². The summed E-state index contributed by atoms with van der Waals surface area (Å²) in [6, 6.07) is 0. The largest absolute Gasteiger partial charge is 0.476 e. The van der Waals surface area contributed by atoms with Crippen LogP contribution < -0.4 is 5.32 Å². The van der Waals surface area contributed by atoms with Gasteiger partial charge in [0.05, 0.1) is 5.01 Å². The fourth-order valence-electron chi connectivity index (χ4n) is 2.86. The number of hydrogen-bond donors (Lipinski definition) is 2. The van der Waals surface area contributed by atoms with Gasteiger partial charge in [0.1, 0.15) is 0 Å². The molecule has 0 spiro atoms. The maximum atomic E-state index is 11.9. The molecule has 1 aliphatic carbocycles. The molecule has 25 heavy (non-hydrogen) atoms. The Hall–Kier alpha value is -2.29. The van der Waals surface area contributed by atoms with E-state index in [4.69, 9.17) is 9.63 Å². The molecule has 2 heterocycles. The third kappa shape index (κ3) is 4.85. The molecular formula is C16H20N4O4S. The highest BCUT2D eigenvalue weighted by atomic mass is 32.1. The van der Waals surface area contributed by atoms with Gasteiger partial charge < -0.3 is 14.9 Å². The normalized spacial score (nSPS) is 14.7. The van der Waals surface area contributed by atoms with Crippen molar-refractivity contribution in [3.05, 3.63) is 27.8 Å². The molecule has 8 nitrogen and oxygen atoms in total. The molecule has 0 saturated heterocycles.